The summed E-state index contributed by atoms with van der Waals surface area (Å²) in [6.07, 6.45) is 4.49. The number of hydrogen-bond donors (Lipinski definition) is 1. The number of benzene rings is 1. The zero-order chi connectivity index (χ0) is 11.4. The van der Waals surface area contributed by atoms with E-state index in [0.717, 1.165) is 25.9 Å². The van der Waals surface area contributed by atoms with E-state index in [4.69, 9.17) is 0 Å². The second-order valence-electron chi connectivity index (χ2n) is 3.95. The molecule has 0 radical (unpaired) electrons. The lowest BCUT2D eigenvalue weighted by Gasteiger charge is -2.15. The maximum atomic E-state index is 13.6. The summed E-state index contributed by atoms with van der Waals surface area (Å²) in [7, 11) is 0. The van der Waals surface area contributed by atoms with Crippen LogP contribution in [0.5, 0.6) is 0 Å². The summed E-state index contributed by atoms with van der Waals surface area (Å²) in [5, 5.41) is 3.25. The summed E-state index contributed by atoms with van der Waals surface area (Å²) in [5.74, 6) is -0.323. The van der Waals surface area contributed by atoms with Gasteiger partial charge in [0.05, 0.1) is 0 Å². The van der Waals surface area contributed by atoms with E-state index < -0.39 is 0 Å². The molecule has 0 spiro atoms. The number of aldehydes is 1. The topological polar surface area (TPSA) is 29.1 Å². The van der Waals surface area contributed by atoms with Crippen molar-refractivity contribution in [1.29, 1.82) is 0 Å². The number of carbonyl (C=O) groups excluding carboxylic acids is 1. The molecule has 2 nitrogen and oxygen atoms in total. The summed E-state index contributed by atoms with van der Waals surface area (Å²) >= 11 is 0. The Bertz CT molecular complexity index is 418. The average Bonchev–Trinajstić information content (AvgIpc) is 2.33. The molecule has 3 heteroatoms. The molecule has 0 bridgehead atoms. The Hall–Kier alpha value is -1.48. The molecular weight excluding hydrogens is 205 g/mol. The van der Waals surface area contributed by atoms with Gasteiger partial charge in [-0.15, -0.1) is 0 Å². The first-order valence-corrected chi connectivity index (χ1v) is 5.44. The molecule has 2 rings (SSSR count). The van der Waals surface area contributed by atoms with Crippen molar-refractivity contribution in [2.24, 2.45) is 0 Å². The highest BCUT2D eigenvalue weighted by molar-refractivity contribution is 5.75. The minimum Gasteiger partial charge on any atom is -0.316 e. The quantitative estimate of drug-likeness (QED) is 0.774. The zero-order valence-electron chi connectivity index (χ0n) is 9.00. The smallest absolute Gasteiger partial charge is 0.150 e. The van der Waals surface area contributed by atoms with E-state index in [0.29, 0.717) is 17.4 Å². The minimum absolute atomic E-state index is 0.323. The molecule has 0 atom stereocenters. The van der Waals surface area contributed by atoms with Gasteiger partial charge in [-0.1, -0.05) is 23.8 Å². The highest BCUT2D eigenvalue weighted by Crippen LogP contribution is 2.18. The normalized spacial score (nSPS) is 15.9. The lowest BCUT2D eigenvalue weighted by Crippen LogP contribution is -2.22. The third kappa shape index (κ3) is 2.55. The Morgan fingerprint density at radius 3 is 2.62 bits per heavy atom. The van der Waals surface area contributed by atoms with E-state index in [-0.39, 0.29) is 5.82 Å². The summed E-state index contributed by atoms with van der Waals surface area (Å²) < 4.78 is 13.6. The molecule has 0 amide bonds. The standard InChI is InChI=1S/C13H14FNO/c14-13-8-11(9-16)1-2-12(13)7-10-3-5-15-6-4-10/h1-2,7-9,15H,3-6H2. The van der Waals surface area contributed by atoms with Gasteiger partial charge in [0.1, 0.15) is 12.1 Å². The molecule has 1 aromatic carbocycles. The van der Waals surface area contributed by atoms with Crippen LogP contribution in [0.4, 0.5) is 4.39 Å². The van der Waals surface area contributed by atoms with Gasteiger partial charge in [-0.3, -0.25) is 4.79 Å². The second kappa shape index (κ2) is 5.03. The van der Waals surface area contributed by atoms with Gasteiger partial charge < -0.3 is 5.32 Å². The molecule has 16 heavy (non-hydrogen) atoms. The number of hydrogen-bond acceptors (Lipinski definition) is 2. The van der Waals surface area contributed by atoms with E-state index in [1.165, 1.54) is 11.6 Å². The van der Waals surface area contributed by atoms with Crippen molar-refractivity contribution < 1.29 is 9.18 Å². The monoisotopic (exact) mass is 219 g/mol. The Morgan fingerprint density at radius 2 is 2.00 bits per heavy atom. The first-order valence-electron chi connectivity index (χ1n) is 5.44. The summed E-state index contributed by atoms with van der Waals surface area (Å²) in [5.41, 5.74) is 2.21. The molecule has 1 N–H and O–H groups in total. The van der Waals surface area contributed by atoms with Crippen molar-refractivity contribution in [2.75, 3.05) is 13.1 Å². The lowest BCUT2D eigenvalue weighted by molar-refractivity contribution is 0.112. The van der Waals surface area contributed by atoms with E-state index in [9.17, 15) is 9.18 Å². The zero-order valence-corrected chi connectivity index (χ0v) is 9.00. The summed E-state index contributed by atoms with van der Waals surface area (Å²) in [6.45, 7) is 1.92. The summed E-state index contributed by atoms with van der Waals surface area (Å²) in [4.78, 5) is 10.5. The molecule has 1 aromatic rings. The van der Waals surface area contributed by atoms with Crippen molar-refractivity contribution in [3.63, 3.8) is 0 Å². The molecule has 1 saturated heterocycles. The van der Waals surface area contributed by atoms with Gasteiger partial charge in [-0.25, -0.2) is 4.39 Å². The van der Waals surface area contributed by atoms with Crippen molar-refractivity contribution in [1.82, 2.24) is 5.32 Å². The van der Waals surface area contributed by atoms with Crippen LogP contribution in [-0.2, 0) is 0 Å². The fourth-order valence-electron chi connectivity index (χ4n) is 1.85. The molecule has 84 valence electrons. The van der Waals surface area contributed by atoms with Crippen molar-refractivity contribution in [3.05, 3.63) is 40.7 Å². The third-order valence-corrected chi connectivity index (χ3v) is 2.77. The predicted octanol–water partition coefficient (Wildman–Crippen LogP) is 2.41. The second-order valence-corrected chi connectivity index (χ2v) is 3.95. The molecule has 1 fully saturated rings. The Labute approximate surface area is 94.2 Å². The van der Waals surface area contributed by atoms with E-state index in [2.05, 4.69) is 5.32 Å². The molecular formula is C13H14FNO. The van der Waals surface area contributed by atoms with Gasteiger partial charge in [0, 0.05) is 11.1 Å². The van der Waals surface area contributed by atoms with Crippen LogP contribution in [0.15, 0.2) is 23.8 Å². The highest BCUT2D eigenvalue weighted by Gasteiger charge is 2.06. The third-order valence-electron chi connectivity index (χ3n) is 2.77. The van der Waals surface area contributed by atoms with Crippen LogP contribution in [0.25, 0.3) is 6.08 Å². The number of nitrogens with one attached hydrogen (secondary N) is 1. The van der Waals surface area contributed by atoms with Crippen LogP contribution >= 0.6 is 0 Å². The summed E-state index contributed by atoms with van der Waals surface area (Å²) in [6, 6.07) is 4.58. The average molecular weight is 219 g/mol. The molecule has 0 unspecified atom stereocenters. The molecule has 0 aromatic heterocycles. The van der Waals surface area contributed by atoms with Crippen LogP contribution in [-0.4, -0.2) is 19.4 Å². The van der Waals surface area contributed by atoms with Crippen molar-refractivity contribution in [3.8, 4) is 0 Å². The van der Waals surface area contributed by atoms with Gasteiger partial charge in [0.2, 0.25) is 0 Å². The van der Waals surface area contributed by atoms with Crippen LogP contribution in [0.2, 0.25) is 0 Å². The Morgan fingerprint density at radius 1 is 1.25 bits per heavy atom. The van der Waals surface area contributed by atoms with E-state index in [1.54, 1.807) is 12.1 Å². The highest BCUT2D eigenvalue weighted by atomic mass is 19.1. The number of halogens is 1. The number of carbonyl (C=O) groups is 1. The minimum atomic E-state index is -0.323. The molecule has 1 aliphatic heterocycles. The molecule has 1 aliphatic rings. The van der Waals surface area contributed by atoms with E-state index >= 15 is 0 Å². The van der Waals surface area contributed by atoms with Crippen LogP contribution in [0.3, 0.4) is 0 Å². The van der Waals surface area contributed by atoms with Gasteiger partial charge >= 0.3 is 0 Å². The number of piperidine rings is 1. The van der Waals surface area contributed by atoms with Gasteiger partial charge in [0.15, 0.2) is 0 Å². The van der Waals surface area contributed by atoms with Crippen LogP contribution < -0.4 is 5.32 Å². The molecule has 0 aliphatic carbocycles. The maximum absolute atomic E-state index is 13.6. The first-order chi connectivity index (χ1) is 7.79. The van der Waals surface area contributed by atoms with Crippen molar-refractivity contribution >= 4 is 12.4 Å². The first kappa shape index (κ1) is 11.0. The maximum Gasteiger partial charge on any atom is 0.150 e. The van der Waals surface area contributed by atoms with Crippen molar-refractivity contribution in [2.45, 2.75) is 12.8 Å². The number of rotatable bonds is 2. The lowest BCUT2D eigenvalue weighted by atomic mass is 10.0. The molecule has 0 saturated carbocycles. The Kier molecular flexibility index (Phi) is 3.47. The van der Waals surface area contributed by atoms with Gasteiger partial charge in [-0.05, 0) is 32.0 Å². The van der Waals surface area contributed by atoms with E-state index in [1.807, 2.05) is 6.08 Å². The SMILES string of the molecule is O=Cc1ccc(C=C2CCNCC2)c(F)c1. The van der Waals surface area contributed by atoms with Gasteiger partial charge in [0.25, 0.3) is 0 Å². The molecule has 1 heterocycles. The fourth-order valence-corrected chi connectivity index (χ4v) is 1.85. The Balaban J connectivity index is 2.23. The van der Waals surface area contributed by atoms with Gasteiger partial charge in [-0.2, -0.15) is 0 Å². The van der Waals surface area contributed by atoms with Crippen LogP contribution in [0.1, 0.15) is 28.8 Å². The van der Waals surface area contributed by atoms with Crippen LogP contribution in [0, 0.1) is 5.82 Å². The largest absolute Gasteiger partial charge is 0.316 e. The fraction of sp³-hybridized carbons (Fsp3) is 0.308. The predicted molar refractivity (Wildman–Crippen MR) is 61.9 cm³/mol.